The summed E-state index contributed by atoms with van der Waals surface area (Å²) in [6.45, 7) is 0. The Morgan fingerprint density at radius 3 is 2.63 bits per heavy atom. The zero-order chi connectivity index (χ0) is 13.1. The van der Waals surface area contributed by atoms with Crippen LogP contribution in [0.15, 0.2) is 52.4 Å². The van der Waals surface area contributed by atoms with Crippen LogP contribution in [0.2, 0.25) is 0 Å². The van der Waals surface area contributed by atoms with Gasteiger partial charge in [-0.1, -0.05) is 41.6 Å². The molecule has 0 aliphatic carbocycles. The molecule has 0 fully saturated rings. The van der Waals surface area contributed by atoms with Crippen molar-refractivity contribution < 1.29 is 4.52 Å². The van der Waals surface area contributed by atoms with Gasteiger partial charge in [0.1, 0.15) is 5.76 Å². The lowest BCUT2D eigenvalue weighted by atomic mass is 10.1. The van der Waals surface area contributed by atoms with Gasteiger partial charge in [-0.05, 0) is 23.4 Å². The van der Waals surface area contributed by atoms with Crippen molar-refractivity contribution in [3.8, 4) is 10.4 Å². The number of hydrogen-bond donors (Lipinski definition) is 1. The molecular formula is C15H14N2OS. The first-order valence-electron chi connectivity index (χ1n) is 6.16. The highest BCUT2D eigenvalue weighted by molar-refractivity contribution is 7.13. The van der Waals surface area contributed by atoms with E-state index in [0.717, 1.165) is 29.0 Å². The minimum absolute atomic E-state index is 0.477. The molecule has 0 radical (unpaired) electrons. The van der Waals surface area contributed by atoms with E-state index in [-0.39, 0.29) is 0 Å². The number of thiophene rings is 1. The molecule has 2 aromatic heterocycles. The SMILES string of the molecule is Nc1noc(CCc2ccccc2)c1-c1cccs1. The van der Waals surface area contributed by atoms with Gasteiger partial charge in [0.05, 0.1) is 5.56 Å². The average Bonchev–Trinajstić information content (AvgIpc) is 3.07. The fraction of sp³-hybridized carbons (Fsp3) is 0.133. The number of nitrogens with zero attached hydrogens (tertiary/aromatic N) is 1. The maximum Gasteiger partial charge on any atom is 0.175 e. The Bertz CT molecular complexity index is 644. The van der Waals surface area contributed by atoms with Crippen molar-refractivity contribution in [2.24, 2.45) is 0 Å². The number of nitrogens with two attached hydrogens (primary N) is 1. The van der Waals surface area contributed by atoms with Gasteiger partial charge < -0.3 is 10.3 Å². The molecule has 2 N–H and O–H groups in total. The molecule has 2 heterocycles. The molecule has 0 saturated carbocycles. The van der Waals surface area contributed by atoms with Gasteiger partial charge in [0.25, 0.3) is 0 Å². The maximum atomic E-state index is 5.90. The summed E-state index contributed by atoms with van der Waals surface area (Å²) >= 11 is 1.65. The molecule has 0 saturated heterocycles. The molecule has 0 spiro atoms. The van der Waals surface area contributed by atoms with E-state index in [4.69, 9.17) is 10.3 Å². The van der Waals surface area contributed by atoms with E-state index in [1.165, 1.54) is 5.56 Å². The van der Waals surface area contributed by atoms with E-state index in [2.05, 4.69) is 17.3 Å². The maximum absolute atomic E-state index is 5.90. The lowest BCUT2D eigenvalue weighted by Gasteiger charge is -2.01. The van der Waals surface area contributed by atoms with Gasteiger partial charge in [0.2, 0.25) is 0 Å². The largest absolute Gasteiger partial charge is 0.380 e. The van der Waals surface area contributed by atoms with Crippen molar-refractivity contribution in [1.82, 2.24) is 5.16 Å². The van der Waals surface area contributed by atoms with E-state index in [1.54, 1.807) is 11.3 Å². The fourth-order valence-corrected chi connectivity index (χ4v) is 2.89. The van der Waals surface area contributed by atoms with Crippen LogP contribution < -0.4 is 5.73 Å². The molecule has 19 heavy (non-hydrogen) atoms. The smallest absolute Gasteiger partial charge is 0.175 e. The summed E-state index contributed by atoms with van der Waals surface area (Å²) < 4.78 is 5.37. The van der Waals surface area contributed by atoms with Crippen molar-refractivity contribution in [1.29, 1.82) is 0 Å². The average molecular weight is 270 g/mol. The van der Waals surface area contributed by atoms with Gasteiger partial charge in [0, 0.05) is 11.3 Å². The Kier molecular flexibility index (Phi) is 3.33. The highest BCUT2D eigenvalue weighted by Gasteiger charge is 2.16. The summed E-state index contributed by atoms with van der Waals surface area (Å²) in [5, 5.41) is 5.92. The van der Waals surface area contributed by atoms with Crippen molar-refractivity contribution in [2.75, 3.05) is 5.73 Å². The van der Waals surface area contributed by atoms with Crippen LogP contribution in [-0.2, 0) is 12.8 Å². The van der Waals surface area contributed by atoms with Crippen LogP contribution >= 0.6 is 11.3 Å². The second-order valence-electron chi connectivity index (χ2n) is 4.33. The normalized spacial score (nSPS) is 10.7. The number of anilines is 1. The lowest BCUT2D eigenvalue weighted by molar-refractivity contribution is 0.386. The van der Waals surface area contributed by atoms with E-state index in [9.17, 15) is 0 Å². The Morgan fingerprint density at radius 1 is 1.05 bits per heavy atom. The van der Waals surface area contributed by atoms with E-state index >= 15 is 0 Å². The third-order valence-electron chi connectivity index (χ3n) is 3.04. The molecule has 0 bridgehead atoms. The van der Waals surface area contributed by atoms with Crippen molar-refractivity contribution in [2.45, 2.75) is 12.8 Å². The summed E-state index contributed by atoms with van der Waals surface area (Å²) in [7, 11) is 0. The van der Waals surface area contributed by atoms with Gasteiger partial charge in [-0.2, -0.15) is 0 Å². The molecule has 4 heteroatoms. The van der Waals surface area contributed by atoms with Gasteiger partial charge in [-0.15, -0.1) is 11.3 Å². The highest BCUT2D eigenvalue weighted by Crippen LogP contribution is 2.33. The van der Waals surface area contributed by atoms with Crippen LogP contribution in [0.25, 0.3) is 10.4 Å². The highest BCUT2D eigenvalue weighted by atomic mass is 32.1. The van der Waals surface area contributed by atoms with Gasteiger partial charge in [-0.25, -0.2) is 0 Å². The van der Waals surface area contributed by atoms with Crippen LogP contribution in [0.3, 0.4) is 0 Å². The molecule has 0 atom stereocenters. The lowest BCUT2D eigenvalue weighted by Crippen LogP contribution is -1.92. The summed E-state index contributed by atoms with van der Waals surface area (Å²) in [5.74, 6) is 1.34. The molecular weight excluding hydrogens is 256 g/mol. The third kappa shape index (κ3) is 2.53. The molecule has 96 valence electrons. The fourth-order valence-electron chi connectivity index (χ4n) is 2.10. The summed E-state index contributed by atoms with van der Waals surface area (Å²) in [4.78, 5) is 1.11. The number of rotatable bonds is 4. The summed E-state index contributed by atoms with van der Waals surface area (Å²) in [6, 6.07) is 14.4. The van der Waals surface area contributed by atoms with E-state index in [0.29, 0.717) is 5.82 Å². The van der Waals surface area contributed by atoms with Crippen LogP contribution in [-0.4, -0.2) is 5.16 Å². The molecule has 0 amide bonds. The number of aryl methyl sites for hydroxylation is 2. The molecule has 0 aliphatic rings. The minimum Gasteiger partial charge on any atom is -0.380 e. The third-order valence-corrected chi connectivity index (χ3v) is 3.93. The van der Waals surface area contributed by atoms with Gasteiger partial charge in [-0.3, -0.25) is 0 Å². The quantitative estimate of drug-likeness (QED) is 0.785. The van der Waals surface area contributed by atoms with Crippen LogP contribution in [0.4, 0.5) is 5.82 Å². The first-order valence-corrected chi connectivity index (χ1v) is 7.04. The Morgan fingerprint density at radius 2 is 1.89 bits per heavy atom. The second-order valence-corrected chi connectivity index (χ2v) is 5.28. The molecule has 0 unspecified atom stereocenters. The Labute approximate surface area is 115 Å². The zero-order valence-electron chi connectivity index (χ0n) is 10.4. The monoisotopic (exact) mass is 270 g/mol. The number of hydrogen-bond acceptors (Lipinski definition) is 4. The van der Waals surface area contributed by atoms with Crippen molar-refractivity contribution >= 4 is 17.2 Å². The molecule has 3 nitrogen and oxygen atoms in total. The van der Waals surface area contributed by atoms with Crippen LogP contribution in [0.5, 0.6) is 0 Å². The number of nitrogen functional groups attached to an aromatic ring is 1. The predicted octanol–water partition coefficient (Wildman–Crippen LogP) is 3.77. The second kappa shape index (κ2) is 5.28. The Balaban J connectivity index is 1.83. The molecule has 3 rings (SSSR count). The van der Waals surface area contributed by atoms with Crippen LogP contribution in [0, 0.1) is 0 Å². The number of aromatic nitrogens is 1. The topological polar surface area (TPSA) is 52.0 Å². The van der Waals surface area contributed by atoms with Gasteiger partial charge in [0.15, 0.2) is 5.82 Å². The predicted molar refractivity (Wildman–Crippen MR) is 78.1 cm³/mol. The molecule has 3 aromatic rings. The van der Waals surface area contributed by atoms with E-state index < -0.39 is 0 Å². The Hall–Kier alpha value is -2.07. The summed E-state index contributed by atoms with van der Waals surface area (Å²) in [5.41, 5.74) is 8.14. The number of benzene rings is 1. The van der Waals surface area contributed by atoms with Crippen molar-refractivity contribution in [3.05, 3.63) is 59.2 Å². The first-order chi connectivity index (χ1) is 9.34. The standard InChI is InChI=1S/C15H14N2OS/c16-15-14(13-7-4-10-19-13)12(18-17-15)9-8-11-5-2-1-3-6-11/h1-7,10H,8-9H2,(H2,16,17). The van der Waals surface area contributed by atoms with Gasteiger partial charge >= 0.3 is 0 Å². The zero-order valence-corrected chi connectivity index (χ0v) is 11.2. The van der Waals surface area contributed by atoms with E-state index in [1.807, 2.05) is 35.7 Å². The molecule has 1 aromatic carbocycles. The first kappa shape index (κ1) is 12.0. The summed E-state index contributed by atoms with van der Waals surface area (Å²) in [6.07, 6.45) is 1.73. The minimum atomic E-state index is 0.477. The van der Waals surface area contributed by atoms with Crippen LogP contribution in [0.1, 0.15) is 11.3 Å². The van der Waals surface area contributed by atoms with Crippen molar-refractivity contribution in [3.63, 3.8) is 0 Å². The molecule has 0 aliphatic heterocycles.